The topological polar surface area (TPSA) is 106 Å². The normalized spacial score (nSPS) is 16.5. The van der Waals surface area contributed by atoms with Crippen molar-refractivity contribution in [2.45, 2.75) is 18.9 Å². The number of furan rings is 1. The molecule has 1 aliphatic heterocycles. The van der Waals surface area contributed by atoms with Crippen LogP contribution in [0.2, 0.25) is 0 Å². The van der Waals surface area contributed by atoms with Gasteiger partial charge in [0.1, 0.15) is 6.04 Å². The number of hydrogen-bond acceptors (Lipinski definition) is 6. The lowest BCUT2D eigenvalue weighted by Gasteiger charge is -2.23. The van der Waals surface area contributed by atoms with Gasteiger partial charge in [-0.05, 0) is 47.5 Å². The molecule has 27 heavy (non-hydrogen) atoms. The lowest BCUT2D eigenvalue weighted by atomic mass is 10.1. The molecule has 0 spiro atoms. The summed E-state index contributed by atoms with van der Waals surface area (Å²) in [6, 6.07) is 10.0. The van der Waals surface area contributed by atoms with E-state index in [1.807, 2.05) is 12.1 Å². The standard InChI is InChI=1S/C18H18N6O3/c1-23-16(20-21-22-23)12-5-2-6-13(11-12)19-17(25)14-7-3-9-24(14)18(26)15-8-4-10-27-15/h2,4-6,8,10-11,14H,3,7,9H2,1H3,(H,19,25). The summed E-state index contributed by atoms with van der Waals surface area (Å²) in [4.78, 5) is 26.9. The van der Waals surface area contributed by atoms with E-state index in [-0.39, 0.29) is 17.6 Å². The van der Waals surface area contributed by atoms with Crippen LogP contribution in [0.1, 0.15) is 23.4 Å². The molecule has 4 rings (SSSR count). The van der Waals surface area contributed by atoms with Crippen molar-refractivity contribution in [2.75, 3.05) is 11.9 Å². The molecule has 2 amide bonds. The summed E-state index contributed by atoms with van der Waals surface area (Å²) in [5.74, 6) is 0.352. The van der Waals surface area contributed by atoms with Crippen molar-refractivity contribution < 1.29 is 14.0 Å². The number of carbonyl (C=O) groups is 2. The summed E-state index contributed by atoms with van der Waals surface area (Å²) in [5.41, 5.74) is 1.41. The molecule has 1 N–H and O–H groups in total. The van der Waals surface area contributed by atoms with Gasteiger partial charge in [0, 0.05) is 24.8 Å². The lowest BCUT2D eigenvalue weighted by Crippen LogP contribution is -2.43. The Hall–Kier alpha value is -3.49. The van der Waals surface area contributed by atoms with Gasteiger partial charge < -0.3 is 14.6 Å². The Bertz CT molecular complexity index is 965. The highest BCUT2D eigenvalue weighted by Crippen LogP contribution is 2.24. The summed E-state index contributed by atoms with van der Waals surface area (Å²) >= 11 is 0. The van der Waals surface area contributed by atoms with Crippen LogP contribution in [0.15, 0.2) is 47.1 Å². The molecule has 3 heterocycles. The highest BCUT2D eigenvalue weighted by molar-refractivity contribution is 6.00. The van der Waals surface area contributed by atoms with Crippen molar-refractivity contribution >= 4 is 17.5 Å². The molecule has 9 nitrogen and oxygen atoms in total. The molecule has 0 saturated carbocycles. The Morgan fingerprint density at radius 1 is 1.26 bits per heavy atom. The average molecular weight is 366 g/mol. The minimum absolute atomic E-state index is 0.222. The number of anilines is 1. The van der Waals surface area contributed by atoms with Crippen LogP contribution in [-0.2, 0) is 11.8 Å². The molecule has 0 aliphatic carbocycles. The van der Waals surface area contributed by atoms with Crippen LogP contribution in [-0.4, -0.2) is 49.5 Å². The molecule has 3 aromatic rings. The number of nitrogens with zero attached hydrogens (tertiary/aromatic N) is 5. The number of nitrogens with one attached hydrogen (secondary N) is 1. The predicted molar refractivity (Wildman–Crippen MR) is 95.6 cm³/mol. The smallest absolute Gasteiger partial charge is 0.290 e. The third-order valence-corrected chi connectivity index (χ3v) is 4.56. The minimum atomic E-state index is -0.525. The van der Waals surface area contributed by atoms with E-state index < -0.39 is 6.04 Å². The van der Waals surface area contributed by atoms with Crippen molar-refractivity contribution in [1.82, 2.24) is 25.1 Å². The summed E-state index contributed by atoms with van der Waals surface area (Å²) in [7, 11) is 1.75. The first-order valence-corrected chi connectivity index (χ1v) is 8.61. The molecular weight excluding hydrogens is 348 g/mol. The molecule has 1 unspecified atom stereocenters. The summed E-state index contributed by atoms with van der Waals surface area (Å²) in [6.45, 7) is 0.530. The molecule has 1 aromatic carbocycles. The van der Waals surface area contributed by atoms with Crippen LogP contribution in [0.5, 0.6) is 0 Å². The van der Waals surface area contributed by atoms with Crippen molar-refractivity contribution in [2.24, 2.45) is 7.05 Å². The second kappa shape index (κ2) is 7.02. The van der Waals surface area contributed by atoms with Gasteiger partial charge in [0.05, 0.1) is 6.26 Å². The molecule has 0 bridgehead atoms. The summed E-state index contributed by atoms with van der Waals surface area (Å²) in [5, 5.41) is 14.3. The Morgan fingerprint density at radius 3 is 2.89 bits per heavy atom. The van der Waals surface area contributed by atoms with E-state index in [1.165, 1.54) is 6.26 Å². The fourth-order valence-electron chi connectivity index (χ4n) is 3.26. The molecule has 1 aliphatic rings. The van der Waals surface area contributed by atoms with Gasteiger partial charge in [-0.15, -0.1) is 5.10 Å². The lowest BCUT2D eigenvalue weighted by molar-refractivity contribution is -0.119. The van der Waals surface area contributed by atoms with Crippen molar-refractivity contribution in [3.05, 3.63) is 48.4 Å². The van der Waals surface area contributed by atoms with Crippen LogP contribution >= 0.6 is 0 Å². The monoisotopic (exact) mass is 366 g/mol. The number of aryl methyl sites for hydroxylation is 1. The quantitative estimate of drug-likeness (QED) is 0.753. The molecule has 1 fully saturated rings. The van der Waals surface area contributed by atoms with E-state index in [9.17, 15) is 9.59 Å². The Labute approximate surface area is 155 Å². The first kappa shape index (κ1) is 17.0. The molecule has 1 atom stereocenters. The number of aromatic nitrogens is 4. The number of hydrogen-bond donors (Lipinski definition) is 1. The molecule has 2 aromatic heterocycles. The van der Waals surface area contributed by atoms with Gasteiger partial charge >= 0.3 is 0 Å². The molecular formula is C18H18N6O3. The SMILES string of the molecule is Cn1nnnc1-c1cccc(NC(=O)C2CCCN2C(=O)c2ccco2)c1. The second-order valence-electron chi connectivity index (χ2n) is 6.33. The van der Waals surface area contributed by atoms with Gasteiger partial charge in [0.25, 0.3) is 5.91 Å². The van der Waals surface area contributed by atoms with Gasteiger partial charge in [0.2, 0.25) is 5.91 Å². The van der Waals surface area contributed by atoms with Crippen LogP contribution in [0.4, 0.5) is 5.69 Å². The van der Waals surface area contributed by atoms with E-state index in [2.05, 4.69) is 20.8 Å². The van der Waals surface area contributed by atoms with Gasteiger partial charge in [-0.2, -0.15) is 0 Å². The van der Waals surface area contributed by atoms with Crippen LogP contribution < -0.4 is 5.32 Å². The highest BCUT2D eigenvalue weighted by atomic mass is 16.3. The fourth-order valence-corrected chi connectivity index (χ4v) is 3.26. The molecule has 0 radical (unpaired) electrons. The minimum Gasteiger partial charge on any atom is -0.459 e. The van der Waals surface area contributed by atoms with Gasteiger partial charge in [0.15, 0.2) is 11.6 Å². The van der Waals surface area contributed by atoms with E-state index in [4.69, 9.17) is 4.42 Å². The summed E-state index contributed by atoms with van der Waals surface area (Å²) < 4.78 is 6.74. The Kier molecular flexibility index (Phi) is 4.41. The maximum absolute atomic E-state index is 12.8. The number of amides is 2. The molecule has 1 saturated heterocycles. The molecule has 138 valence electrons. The zero-order valence-electron chi connectivity index (χ0n) is 14.7. The van der Waals surface area contributed by atoms with Crippen LogP contribution in [0, 0.1) is 0 Å². The first-order chi connectivity index (χ1) is 13.1. The van der Waals surface area contributed by atoms with E-state index in [1.54, 1.807) is 40.9 Å². The van der Waals surface area contributed by atoms with Gasteiger partial charge in [-0.3, -0.25) is 9.59 Å². The van der Waals surface area contributed by atoms with E-state index >= 15 is 0 Å². The Morgan fingerprint density at radius 2 is 2.15 bits per heavy atom. The summed E-state index contributed by atoms with van der Waals surface area (Å²) in [6.07, 6.45) is 2.84. The number of carbonyl (C=O) groups excluding carboxylic acids is 2. The Balaban J connectivity index is 1.50. The predicted octanol–water partition coefficient (Wildman–Crippen LogP) is 1.71. The van der Waals surface area contributed by atoms with E-state index in [0.717, 1.165) is 12.0 Å². The number of benzene rings is 1. The van der Waals surface area contributed by atoms with Gasteiger partial charge in [-0.1, -0.05) is 12.1 Å². The van der Waals surface area contributed by atoms with Gasteiger partial charge in [-0.25, -0.2) is 4.68 Å². The van der Waals surface area contributed by atoms with Crippen molar-refractivity contribution in [3.8, 4) is 11.4 Å². The molecule has 9 heteroatoms. The van der Waals surface area contributed by atoms with Crippen LogP contribution in [0.25, 0.3) is 11.4 Å². The number of rotatable bonds is 4. The van der Waals surface area contributed by atoms with Crippen molar-refractivity contribution in [1.29, 1.82) is 0 Å². The van der Waals surface area contributed by atoms with E-state index in [0.29, 0.717) is 24.5 Å². The largest absolute Gasteiger partial charge is 0.459 e. The maximum Gasteiger partial charge on any atom is 0.290 e. The second-order valence-corrected chi connectivity index (χ2v) is 6.33. The van der Waals surface area contributed by atoms with Crippen LogP contribution in [0.3, 0.4) is 0 Å². The maximum atomic E-state index is 12.8. The highest BCUT2D eigenvalue weighted by Gasteiger charge is 2.35. The zero-order valence-corrected chi connectivity index (χ0v) is 14.7. The zero-order chi connectivity index (χ0) is 18.8. The average Bonchev–Trinajstić information content (AvgIpc) is 3.42. The number of likely N-dealkylation sites (tertiary alicyclic amines) is 1. The van der Waals surface area contributed by atoms with Crippen molar-refractivity contribution in [3.63, 3.8) is 0 Å². The number of tetrazole rings is 1. The fraction of sp³-hybridized carbons (Fsp3) is 0.278. The first-order valence-electron chi connectivity index (χ1n) is 8.61. The third-order valence-electron chi connectivity index (χ3n) is 4.56. The third kappa shape index (κ3) is 3.31.